The summed E-state index contributed by atoms with van der Waals surface area (Å²) in [6.45, 7) is 2.04. The summed E-state index contributed by atoms with van der Waals surface area (Å²) >= 11 is 0. The minimum Gasteiger partial charge on any atom is -0.355 e. The highest BCUT2D eigenvalue weighted by atomic mass is 15.1. The van der Waals surface area contributed by atoms with Crippen molar-refractivity contribution in [1.29, 1.82) is 0 Å². The van der Waals surface area contributed by atoms with E-state index in [9.17, 15) is 0 Å². The predicted molar refractivity (Wildman–Crippen MR) is 95.5 cm³/mol. The quantitative estimate of drug-likeness (QED) is 0.572. The van der Waals surface area contributed by atoms with Gasteiger partial charge in [-0.3, -0.25) is 4.57 Å². The Balaban J connectivity index is 1.77. The van der Waals surface area contributed by atoms with Gasteiger partial charge in [0.2, 0.25) is 0 Å². The lowest BCUT2D eigenvalue weighted by Gasteiger charge is -2.08. The number of rotatable bonds is 3. The number of anilines is 2. The molecule has 0 radical (unpaired) electrons. The molecule has 0 unspecified atom stereocenters. The van der Waals surface area contributed by atoms with E-state index in [2.05, 4.69) is 52.3 Å². The fraction of sp³-hybridized carbons (Fsp3) is 0.0500. The van der Waals surface area contributed by atoms with Gasteiger partial charge >= 0.3 is 0 Å². The summed E-state index contributed by atoms with van der Waals surface area (Å²) in [4.78, 5) is 4.71. The molecule has 4 rings (SSSR count). The zero-order chi connectivity index (χ0) is 15.6. The number of aromatic nitrogens is 2. The largest absolute Gasteiger partial charge is 0.355 e. The standard InChI is InChI=1S/C20H17N3/c1-15-21-19-14-17(22-16-8-4-2-5-9-16)12-13-20(19)23(15)18-10-6-3-7-11-18/h2-14,22H,1H3. The van der Waals surface area contributed by atoms with Crippen molar-refractivity contribution in [1.82, 2.24) is 9.55 Å². The number of para-hydroxylation sites is 2. The Hall–Kier alpha value is -3.07. The molecule has 3 heteroatoms. The predicted octanol–water partition coefficient (Wildman–Crippen LogP) is 5.08. The number of benzene rings is 3. The first-order chi connectivity index (χ1) is 11.3. The molecule has 112 valence electrons. The molecule has 0 aliphatic rings. The van der Waals surface area contributed by atoms with Crippen LogP contribution < -0.4 is 5.32 Å². The van der Waals surface area contributed by atoms with Crippen LogP contribution in [0.5, 0.6) is 0 Å². The molecule has 1 heterocycles. The van der Waals surface area contributed by atoms with Gasteiger partial charge < -0.3 is 5.32 Å². The van der Waals surface area contributed by atoms with Gasteiger partial charge in [-0.15, -0.1) is 0 Å². The number of nitrogens with one attached hydrogen (secondary N) is 1. The molecule has 3 aromatic carbocycles. The maximum absolute atomic E-state index is 4.71. The molecule has 0 atom stereocenters. The second kappa shape index (κ2) is 5.61. The van der Waals surface area contributed by atoms with Crippen LogP contribution in [-0.2, 0) is 0 Å². The Morgan fingerprint density at radius 1 is 0.783 bits per heavy atom. The fourth-order valence-corrected chi connectivity index (χ4v) is 2.87. The van der Waals surface area contributed by atoms with Crippen molar-refractivity contribution in [3.05, 3.63) is 84.7 Å². The van der Waals surface area contributed by atoms with Gasteiger partial charge in [0.15, 0.2) is 0 Å². The van der Waals surface area contributed by atoms with E-state index in [1.807, 2.05) is 43.3 Å². The Labute approximate surface area is 135 Å². The summed E-state index contributed by atoms with van der Waals surface area (Å²) in [5.41, 5.74) is 5.36. The van der Waals surface area contributed by atoms with E-state index in [1.54, 1.807) is 0 Å². The van der Waals surface area contributed by atoms with Crippen molar-refractivity contribution >= 4 is 22.4 Å². The van der Waals surface area contributed by atoms with Crippen LogP contribution in [0.3, 0.4) is 0 Å². The normalized spacial score (nSPS) is 10.8. The van der Waals surface area contributed by atoms with Crippen molar-refractivity contribution < 1.29 is 0 Å². The van der Waals surface area contributed by atoms with Crippen molar-refractivity contribution in [3.63, 3.8) is 0 Å². The molecule has 0 saturated carbocycles. The van der Waals surface area contributed by atoms with Gasteiger partial charge in [0.1, 0.15) is 5.82 Å². The first-order valence-corrected chi connectivity index (χ1v) is 7.68. The lowest BCUT2D eigenvalue weighted by molar-refractivity contribution is 1.00. The maximum atomic E-state index is 4.71. The topological polar surface area (TPSA) is 29.9 Å². The molecule has 0 amide bonds. The van der Waals surface area contributed by atoms with Crippen LogP contribution in [-0.4, -0.2) is 9.55 Å². The molecule has 1 aromatic heterocycles. The molecule has 23 heavy (non-hydrogen) atoms. The fourth-order valence-electron chi connectivity index (χ4n) is 2.87. The highest BCUT2D eigenvalue weighted by molar-refractivity contribution is 5.83. The van der Waals surface area contributed by atoms with Crippen molar-refractivity contribution in [2.24, 2.45) is 0 Å². The van der Waals surface area contributed by atoms with Crippen LogP contribution in [0.2, 0.25) is 0 Å². The first kappa shape index (κ1) is 13.6. The number of aryl methyl sites for hydroxylation is 1. The van der Waals surface area contributed by atoms with Crippen LogP contribution >= 0.6 is 0 Å². The number of nitrogens with zero attached hydrogens (tertiary/aromatic N) is 2. The van der Waals surface area contributed by atoms with E-state index in [4.69, 9.17) is 4.98 Å². The van der Waals surface area contributed by atoms with Gasteiger partial charge in [0.05, 0.1) is 11.0 Å². The molecule has 0 bridgehead atoms. The third-order valence-corrected chi connectivity index (χ3v) is 3.90. The van der Waals surface area contributed by atoms with Gasteiger partial charge in [0, 0.05) is 17.1 Å². The molecule has 0 fully saturated rings. The summed E-state index contributed by atoms with van der Waals surface area (Å²) in [6.07, 6.45) is 0. The molecule has 0 spiro atoms. The summed E-state index contributed by atoms with van der Waals surface area (Å²) in [7, 11) is 0. The first-order valence-electron chi connectivity index (χ1n) is 7.68. The third kappa shape index (κ3) is 2.57. The van der Waals surface area contributed by atoms with Crippen LogP contribution in [0.15, 0.2) is 78.9 Å². The molecule has 0 aliphatic carbocycles. The van der Waals surface area contributed by atoms with Crippen LogP contribution in [0.25, 0.3) is 16.7 Å². The lowest BCUT2D eigenvalue weighted by atomic mass is 10.2. The van der Waals surface area contributed by atoms with Gasteiger partial charge in [-0.05, 0) is 49.4 Å². The van der Waals surface area contributed by atoms with Gasteiger partial charge in [-0.1, -0.05) is 36.4 Å². The van der Waals surface area contributed by atoms with E-state index < -0.39 is 0 Å². The molecule has 4 aromatic rings. The molecular formula is C20H17N3. The highest BCUT2D eigenvalue weighted by Gasteiger charge is 2.09. The van der Waals surface area contributed by atoms with Crippen LogP contribution in [0.4, 0.5) is 11.4 Å². The lowest BCUT2D eigenvalue weighted by Crippen LogP contribution is -1.96. The number of imidazole rings is 1. The maximum Gasteiger partial charge on any atom is 0.111 e. The molecular weight excluding hydrogens is 282 g/mol. The van der Waals surface area contributed by atoms with Gasteiger partial charge in [-0.2, -0.15) is 0 Å². The zero-order valence-electron chi connectivity index (χ0n) is 12.9. The Morgan fingerprint density at radius 3 is 2.22 bits per heavy atom. The monoisotopic (exact) mass is 299 g/mol. The van der Waals surface area contributed by atoms with E-state index >= 15 is 0 Å². The average Bonchev–Trinajstić information content (AvgIpc) is 2.91. The van der Waals surface area contributed by atoms with Gasteiger partial charge in [-0.25, -0.2) is 4.98 Å². The smallest absolute Gasteiger partial charge is 0.111 e. The third-order valence-electron chi connectivity index (χ3n) is 3.90. The SMILES string of the molecule is Cc1nc2cc(Nc3ccccc3)ccc2n1-c1ccccc1. The summed E-state index contributed by atoms with van der Waals surface area (Å²) < 4.78 is 2.18. The van der Waals surface area contributed by atoms with E-state index in [0.29, 0.717) is 0 Å². The number of fused-ring (bicyclic) bond motifs is 1. The van der Waals surface area contributed by atoms with Crippen molar-refractivity contribution in [2.45, 2.75) is 6.92 Å². The molecule has 3 nitrogen and oxygen atoms in total. The minimum absolute atomic E-state index is 0.989. The highest BCUT2D eigenvalue weighted by Crippen LogP contribution is 2.25. The van der Waals surface area contributed by atoms with E-state index in [-0.39, 0.29) is 0 Å². The van der Waals surface area contributed by atoms with Crippen molar-refractivity contribution in [3.8, 4) is 5.69 Å². The van der Waals surface area contributed by atoms with E-state index in [0.717, 1.165) is 33.9 Å². The second-order valence-electron chi connectivity index (χ2n) is 5.52. The van der Waals surface area contributed by atoms with Gasteiger partial charge in [0.25, 0.3) is 0 Å². The Morgan fingerprint density at radius 2 is 1.48 bits per heavy atom. The summed E-state index contributed by atoms with van der Waals surface area (Å²) in [6, 6.07) is 26.8. The van der Waals surface area contributed by atoms with Crippen molar-refractivity contribution in [2.75, 3.05) is 5.32 Å². The molecule has 1 N–H and O–H groups in total. The summed E-state index contributed by atoms with van der Waals surface area (Å²) in [5, 5.41) is 3.42. The molecule has 0 aliphatic heterocycles. The number of hydrogen-bond donors (Lipinski definition) is 1. The molecule has 0 saturated heterocycles. The zero-order valence-corrected chi connectivity index (χ0v) is 12.9. The van der Waals surface area contributed by atoms with E-state index in [1.165, 1.54) is 0 Å². The Bertz CT molecular complexity index is 941. The second-order valence-corrected chi connectivity index (χ2v) is 5.52. The number of hydrogen-bond acceptors (Lipinski definition) is 2. The average molecular weight is 299 g/mol. The summed E-state index contributed by atoms with van der Waals surface area (Å²) in [5.74, 6) is 0.989. The minimum atomic E-state index is 0.989. The van der Waals surface area contributed by atoms with Crippen LogP contribution in [0, 0.1) is 6.92 Å². The van der Waals surface area contributed by atoms with Crippen LogP contribution in [0.1, 0.15) is 5.82 Å². The Kier molecular flexibility index (Phi) is 3.31.